The van der Waals surface area contributed by atoms with Gasteiger partial charge in [0.05, 0.1) is 12.5 Å². The molecule has 1 aliphatic rings. The molecular weight excluding hydrogens is 248 g/mol. The van der Waals surface area contributed by atoms with Crippen LogP contribution in [0.4, 0.5) is 4.79 Å². The smallest absolute Gasteiger partial charge is 0.320 e. The minimum Gasteiger partial charge on any atom is -0.481 e. The van der Waals surface area contributed by atoms with Gasteiger partial charge in [0.2, 0.25) is 0 Å². The standard InChI is InChI=1S/C13H22N2O4/c1-4-6-14(8-9-19-3)13(18)15-7-5-11(10(15)2)12(16)17/h4,10-11H,1,5-9H2,2-3H3,(H,16,17). The summed E-state index contributed by atoms with van der Waals surface area (Å²) in [7, 11) is 1.58. The summed E-state index contributed by atoms with van der Waals surface area (Å²) in [5.41, 5.74) is 0. The molecule has 1 N–H and O–H groups in total. The predicted octanol–water partition coefficient (Wildman–Crippen LogP) is 1.04. The van der Waals surface area contributed by atoms with E-state index in [9.17, 15) is 9.59 Å². The second-order valence-corrected chi connectivity index (χ2v) is 4.68. The number of likely N-dealkylation sites (tertiary alicyclic amines) is 1. The molecule has 0 aliphatic carbocycles. The van der Waals surface area contributed by atoms with Crippen molar-refractivity contribution in [2.75, 3.05) is 33.4 Å². The van der Waals surface area contributed by atoms with Crippen LogP contribution in [0.2, 0.25) is 0 Å². The molecule has 1 heterocycles. The first kappa shape index (κ1) is 15.5. The quantitative estimate of drug-likeness (QED) is 0.732. The second-order valence-electron chi connectivity index (χ2n) is 4.68. The van der Waals surface area contributed by atoms with Crippen LogP contribution in [0.1, 0.15) is 13.3 Å². The molecule has 0 saturated carbocycles. The zero-order valence-electron chi connectivity index (χ0n) is 11.5. The molecule has 0 bridgehead atoms. The Morgan fingerprint density at radius 2 is 2.26 bits per heavy atom. The van der Waals surface area contributed by atoms with E-state index in [4.69, 9.17) is 9.84 Å². The van der Waals surface area contributed by atoms with Crippen LogP contribution in [-0.2, 0) is 9.53 Å². The van der Waals surface area contributed by atoms with Crippen molar-refractivity contribution in [1.82, 2.24) is 9.80 Å². The van der Waals surface area contributed by atoms with Gasteiger partial charge in [0.15, 0.2) is 0 Å². The molecule has 6 nitrogen and oxygen atoms in total. The van der Waals surface area contributed by atoms with Crippen LogP contribution >= 0.6 is 0 Å². The fraction of sp³-hybridized carbons (Fsp3) is 0.692. The van der Waals surface area contributed by atoms with Crippen LogP contribution in [0.3, 0.4) is 0 Å². The minimum atomic E-state index is -0.838. The first-order valence-electron chi connectivity index (χ1n) is 6.41. The van der Waals surface area contributed by atoms with Gasteiger partial charge in [-0.2, -0.15) is 0 Å². The fourth-order valence-corrected chi connectivity index (χ4v) is 2.34. The van der Waals surface area contributed by atoms with Crippen LogP contribution in [0.5, 0.6) is 0 Å². The van der Waals surface area contributed by atoms with E-state index in [1.165, 1.54) is 0 Å². The van der Waals surface area contributed by atoms with Crippen molar-refractivity contribution in [2.45, 2.75) is 19.4 Å². The van der Waals surface area contributed by atoms with E-state index in [1.54, 1.807) is 29.9 Å². The maximum Gasteiger partial charge on any atom is 0.320 e. The Morgan fingerprint density at radius 3 is 2.74 bits per heavy atom. The normalized spacial score (nSPS) is 22.3. The number of nitrogens with zero attached hydrogens (tertiary/aromatic N) is 2. The molecule has 0 aromatic rings. The number of carbonyl (C=O) groups excluding carboxylic acids is 1. The number of carbonyl (C=O) groups is 2. The molecular formula is C13H22N2O4. The molecule has 1 aliphatic heterocycles. The van der Waals surface area contributed by atoms with E-state index in [2.05, 4.69) is 6.58 Å². The van der Waals surface area contributed by atoms with Gasteiger partial charge in [-0.15, -0.1) is 6.58 Å². The highest BCUT2D eigenvalue weighted by Crippen LogP contribution is 2.25. The fourth-order valence-electron chi connectivity index (χ4n) is 2.34. The minimum absolute atomic E-state index is 0.145. The van der Waals surface area contributed by atoms with Crippen molar-refractivity contribution in [2.24, 2.45) is 5.92 Å². The summed E-state index contributed by atoms with van der Waals surface area (Å²) in [5.74, 6) is -1.31. The van der Waals surface area contributed by atoms with Gasteiger partial charge in [0.25, 0.3) is 0 Å². The Labute approximate surface area is 113 Å². The molecule has 1 fully saturated rings. The number of carboxylic acid groups (broad SMARTS) is 1. The van der Waals surface area contributed by atoms with E-state index >= 15 is 0 Å². The van der Waals surface area contributed by atoms with Crippen LogP contribution in [0, 0.1) is 5.92 Å². The maximum atomic E-state index is 12.4. The molecule has 1 saturated heterocycles. The van der Waals surface area contributed by atoms with Crippen LogP contribution in [0.15, 0.2) is 12.7 Å². The van der Waals surface area contributed by atoms with Gasteiger partial charge in [-0.1, -0.05) is 6.08 Å². The molecule has 2 atom stereocenters. The molecule has 0 radical (unpaired) electrons. The number of amides is 2. The largest absolute Gasteiger partial charge is 0.481 e. The van der Waals surface area contributed by atoms with Gasteiger partial charge < -0.3 is 19.6 Å². The number of urea groups is 1. The lowest BCUT2D eigenvalue weighted by molar-refractivity contribution is -0.142. The predicted molar refractivity (Wildman–Crippen MR) is 71.0 cm³/mol. The number of hydrogen-bond donors (Lipinski definition) is 1. The number of hydrogen-bond acceptors (Lipinski definition) is 3. The highest BCUT2D eigenvalue weighted by atomic mass is 16.5. The van der Waals surface area contributed by atoms with Gasteiger partial charge in [-0.25, -0.2) is 4.79 Å². The summed E-state index contributed by atoms with van der Waals surface area (Å²) >= 11 is 0. The average Bonchev–Trinajstić information content (AvgIpc) is 2.75. The third kappa shape index (κ3) is 3.70. The summed E-state index contributed by atoms with van der Waals surface area (Å²) < 4.78 is 4.98. The van der Waals surface area contributed by atoms with Crippen molar-refractivity contribution >= 4 is 12.0 Å². The molecule has 6 heteroatoms. The van der Waals surface area contributed by atoms with Crippen molar-refractivity contribution in [1.29, 1.82) is 0 Å². The maximum absolute atomic E-state index is 12.4. The summed E-state index contributed by atoms with van der Waals surface area (Å²) in [6.07, 6.45) is 2.16. The third-order valence-corrected chi connectivity index (χ3v) is 3.50. The van der Waals surface area contributed by atoms with Crippen molar-refractivity contribution in [3.63, 3.8) is 0 Å². The molecule has 2 unspecified atom stereocenters. The lowest BCUT2D eigenvalue weighted by Crippen LogP contribution is -2.47. The number of methoxy groups -OCH3 is 1. The van der Waals surface area contributed by atoms with E-state index in [-0.39, 0.29) is 12.1 Å². The molecule has 108 valence electrons. The number of aliphatic carboxylic acids is 1. The van der Waals surface area contributed by atoms with Gasteiger partial charge in [-0.3, -0.25) is 4.79 Å². The molecule has 0 spiro atoms. The number of carboxylic acids is 1. The van der Waals surface area contributed by atoms with Crippen LogP contribution in [0.25, 0.3) is 0 Å². The Balaban J connectivity index is 2.69. The van der Waals surface area contributed by atoms with Crippen molar-refractivity contribution < 1.29 is 19.4 Å². The first-order chi connectivity index (χ1) is 9.02. The second kappa shape index (κ2) is 7.13. The van der Waals surface area contributed by atoms with E-state index < -0.39 is 11.9 Å². The lowest BCUT2D eigenvalue weighted by atomic mass is 10.0. The molecule has 2 amide bonds. The van der Waals surface area contributed by atoms with Crippen molar-refractivity contribution in [3.8, 4) is 0 Å². The first-order valence-corrected chi connectivity index (χ1v) is 6.41. The van der Waals surface area contributed by atoms with Gasteiger partial charge in [0, 0.05) is 32.8 Å². The Kier molecular flexibility index (Phi) is 5.82. The SMILES string of the molecule is C=CCN(CCOC)C(=O)N1CCC(C(=O)O)C1C. The average molecular weight is 270 g/mol. The molecule has 0 aromatic heterocycles. The third-order valence-electron chi connectivity index (χ3n) is 3.50. The molecule has 1 rings (SSSR count). The van der Waals surface area contributed by atoms with E-state index in [0.717, 1.165) is 0 Å². The number of ether oxygens (including phenoxy) is 1. The highest BCUT2D eigenvalue weighted by Gasteiger charge is 2.39. The van der Waals surface area contributed by atoms with E-state index in [0.29, 0.717) is 32.7 Å². The Morgan fingerprint density at radius 1 is 1.58 bits per heavy atom. The topological polar surface area (TPSA) is 70.1 Å². The summed E-state index contributed by atoms with van der Waals surface area (Å²) in [6, 6.07) is -0.423. The van der Waals surface area contributed by atoms with Gasteiger partial charge >= 0.3 is 12.0 Å². The van der Waals surface area contributed by atoms with Gasteiger partial charge in [-0.05, 0) is 13.3 Å². The van der Waals surface area contributed by atoms with Gasteiger partial charge in [0.1, 0.15) is 0 Å². The summed E-state index contributed by atoms with van der Waals surface area (Å²) in [5, 5.41) is 9.08. The zero-order chi connectivity index (χ0) is 14.4. The summed E-state index contributed by atoms with van der Waals surface area (Å²) in [6.45, 7) is 7.26. The Hall–Kier alpha value is -1.56. The van der Waals surface area contributed by atoms with Crippen molar-refractivity contribution in [3.05, 3.63) is 12.7 Å². The zero-order valence-corrected chi connectivity index (χ0v) is 11.5. The monoisotopic (exact) mass is 270 g/mol. The molecule has 19 heavy (non-hydrogen) atoms. The lowest BCUT2D eigenvalue weighted by Gasteiger charge is -2.30. The van der Waals surface area contributed by atoms with E-state index in [1.807, 2.05) is 0 Å². The van der Waals surface area contributed by atoms with Crippen LogP contribution < -0.4 is 0 Å². The molecule has 0 aromatic carbocycles. The Bertz CT molecular complexity index is 346. The highest BCUT2D eigenvalue weighted by molar-refractivity contribution is 5.78. The number of rotatable bonds is 6. The van der Waals surface area contributed by atoms with Crippen LogP contribution in [-0.4, -0.2) is 66.3 Å². The summed E-state index contributed by atoms with van der Waals surface area (Å²) in [4.78, 5) is 26.7.